The van der Waals surface area contributed by atoms with Gasteiger partial charge in [-0.1, -0.05) is 0 Å². The molecule has 94 valence electrons. The maximum absolute atomic E-state index is 14.2. The number of ether oxygens (including phenoxy) is 1. The molecular formula is C13H18FNO2. The molecule has 0 bridgehead atoms. The fourth-order valence-corrected chi connectivity index (χ4v) is 2.45. The van der Waals surface area contributed by atoms with Crippen LogP contribution in [-0.4, -0.2) is 13.7 Å². The average molecular weight is 239 g/mol. The lowest BCUT2D eigenvalue weighted by Gasteiger charge is -2.21. The summed E-state index contributed by atoms with van der Waals surface area (Å²) in [5.41, 5.74) is 2.49. The molecule has 2 rings (SSSR count). The van der Waals surface area contributed by atoms with Crippen LogP contribution >= 0.6 is 0 Å². The predicted molar refractivity (Wildman–Crippen MR) is 63.4 cm³/mol. The molecular weight excluding hydrogens is 221 g/mol. The lowest BCUT2D eigenvalue weighted by atomic mass is 9.88. The molecule has 1 aliphatic rings. The second-order valence-electron chi connectivity index (χ2n) is 4.34. The molecule has 0 fully saturated rings. The molecule has 1 aromatic rings. The first-order valence-electron chi connectivity index (χ1n) is 5.96. The summed E-state index contributed by atoms with van der Waals surface area (Å²) in [5.74, 6) is 5.68. The third-order valence-electron chi connectivity index (χ3n) is 3.33. The van der Waals surface area contributed by atoms with E-state index in [2.05, 4.69) is 4.84 Å². The van der Waals surface area contributed by atoms with Crippen molar-refractivity contribution in [2.24, 2.45) is 5.90 Å². The maximum atomic E-state index is 14.2. The van der Waals surface area contributed by atoms with Gasteiger partial charge in [-0.2, -0.15) is 0 Å². The lowest BCUT2D eigenvalue weighted by Crippen LogP contribution is -2.12. The van der Waals surface area contributed by atoms with Crippen LogP contribution in [0.5, 0.6) is 5.75 Å². The highest BCUT2D eigenvalue weighted by atomic mass is 19.1. The lowest BCUT2D eigenvalue weighted by molar-refractivity contribution is 0.140. The monoisotopic (exact) mass is 239 g/mol. The zero-order chi connectivity index (χ0) is 12.3. The summed E-state index contributed by atoms with van der Waals surface area (Å²) in [4.78, 5) is 4.51. The SMILES string of the molecule is COc1cc(CCON)c(F)c2c1CCCC2. The van der Waals surface area contributed by atoms with Gasteiger partial charge in [-0.05, 0) is 42.9 Å². The fraction of sp³-hybridized carbons (Fsp3) is 0.538. The van der Waals surface area contributed by atoms with Gasteiger partial charge in [-0.25, -0.2) is 10.3 Å². The highest BCUT2D eigenvalue weighted by molar-refractivity contribution is 5.46. The Hall–Kier alpha value is -1.13. The van der Waals surface area contributed by atoms with Crippen LogP contribution in [0.15, 0.2) is 6.07 Å². The van der Waals surface area contributed by atoms with Gasteiger partial charge in [0.2, 0.25) is 0 Å². The number of hydrogen-bond acceptors (Lipinski definition) is 3. The van der Waals surface area contributed by atoms with Gasteiger partial charge >= 0.3 is 0 Å². The molecule has 0 atom stereocenters. The molecule has 0 heterocycles. The van der Waals surface area contributed by atoms with Gasteiger partial charge in [0.05, 0.1) is 13.7 Å². The quantitative estimate of drug-likeness (QED) is 0.819. The molecule has 0 saturated carbocycles. The van der Waals surface area contributed by atoms with E-state index in [-0.39, 0.29) is 5.82 Å². The van der Waals surface area contributed by atoms with Gasteiger partial charge in [-0.15, -0.1) is 0 Å². The maximum Gasteiger partial charge on any atom is 0.130 e. The van der Waals surface area contributed by atoms with Crippen molar-refractivity contribution < 1.29 is 14.0 Å². The first kappa shape index (κ1) is 12.3. The summed E-state index contributed by atoms with van der Waals surface area (Å²) >= 11 is 0. The molecule has 1 aromatic carbocycles. The zero-order valence-corrected chi connectivity index (χ0v) is 10.1. The number of hydrogen-bond donors (Lipinski definition) is 1. The Morgan fingerprint density at radius 2 is 2.00 bits per heavy atom. The molecule has 0 radical (unpaired) electrons. The van der Waals surface area contributed by atoms with Crippen LogP contribution in [0.4, 0.5) is 4.39 Å². The Morgan fingerprint density at radius 3 is 2.65 bits per heavy atom. The molecule has 0 amide bonds. The van der Waals surface area contributed by atoms with Crippen LogP contribution in [0.25, 0.3) is 0 Å². The van der Waals surface area contributed by atoms with Crippen LogP contribution in [0.3, 0.4) is 0 Å². The fourth-order valence-electron chi connectivity index (χ4n) is 2.45. The van der Waals surface area contributed by atoms with E-state index in [9.17, 15) is 4.39 Å². The van der Waals surface area contributed by atoms with Crippen LogP contribution in [0, 0.1) is 5.82 Å². The van der Waals surface area contributed by atoms with Crippen molar-refractivity contribution in [3.8, 4) is 5.75 Å². The summed E-state index contributed by atoms with van der Waals surface area (Å²) in [5, 5.41) is 0. The van der Waals surface area contributed by atoms with Crippen LogP contribution in [0.1, 0.15) is 29.5 Å². The van der Waals surface area contributed by atoms with Gasteiger partial charge < -0.3 is 9.57 Å². The Bertz CT molecular complexity index is 407. The Labute approximate surface area is 101 Å². The highest BCUT2D eigenvalue weighted by Gasteiger charge is 2.21. The van der Waals surface area contributed by atoms with Crippen LogP contribution < -0.4 is 10.6 Å². The Morgan fingerprint density at radius 1 is 1.29 bits per heavy atom. The van der Waals surface area contributed by atoms with Crippen LogP contribution in [0.2, 0.25) is 0 Å². The number of methoxy groups -OCH3 is 1. The third kappa shape index (κ3) is 2.42. The highest BCUT2D eigenvalue weighted by Crippen LogP contribution is 2.33. The van der Waals surface area contributed by atoms with E-state index in [0.29, 0.717) is 18.6 Å². The Balaban J connectivity index is 2.41. The van der Waals surface area contributed by atoms with E-state index in [1.165, 1.54) is 0 Å². The topological polar surface area (TPSA) is 44.5 Å². The largest absolute Gasteiger partial charge is 0.496 e. The number of benzene rings is 1. The van der Waals surface area contributed by atoms with E-state index >= 15 is 0 Å². The van der Waals surface area contributed by atoms with Crippen molar-refractivity contribution in [2.45, 2.75) is 32.1 Å². The summed E-state index contributed by atoms with van der Waals surface area (Å²) in [7, 11) is 1.63. The molecule has 3 nitrogen and oxygen atoms in total. The number of halogens is 1. The van der Waals surface area contributed by atoms with Gasteiger partial charge in [0.1, 0.15) is 11.6 Å². The molecule has 0 aliphatic heterocycles. The Kier molecular flexibility index (Phi) is 3.97. The van der Waals surface area contributed by atoms with Crippen LogP contribution in [-0.2, 0) is 24.1 Å². The van der Waals surface area contributed by atoms with Crippen molar-refractivity contribution in [3.63, 3.8) is 0 Å². The number of nitrogens with two attached hydrogens (primary N) is 1. The first-order chi connectivity index (χ1) is 8.27. The summed E-state index contributed by atoms with van der Waals surface area (Å²) < 4.78 is 19.6. The molecule has 17 heavy (non-hydrogen) atoms. The summed E-state index contributed by atoms with van der Waals surface area (Å²) in [6, 6.07) is 1.78. The van der Waals surface area contributed by atoms with E-state index in [4.69, 9.17) is 10.6 Å². The van der Waals surface area contributed by atoms with Crippen molar-refractivity contribution in [1.29, 1.82) is 0 Å². The minimum absolute atomic E-state index is 0.0995. The molecule has 2 N–H and O–H groups in total. The van der Waals surface area contributed by atoms with Crippen molar-refractivity contribution >= 4 is 0 Å². The van der Waals surface area contributed by atoms with E-state index in [0.717, 1.165) is 42.6 Å². The van der Waals surface area contributed by atoms with Gasteiger partial charge in [0, 0.05) is 12.0 Å². The first-order valence-corrected chi connectivity index (χ1v) is 5.96. The molecule has 0 spiro atoms. The minimum atomic E-state index is -0.0995. The summed E-state index contributed by atoms with van der Waals surface area (Å²) in [6.07, 6.45) is 4.34. The molecule has 4 heteroatoms. The van der Waals surface area contributed by atoms with E-state index in [1.807, 2.05) is 0 Å². The molecule has 0 unspecified atom stereocenters. The third-order valence-corrected chi connectivity index (χ3v) is 3.33. The molecule has 1 aliphatic carbocycles. The van der Waals surface area contributed by atoms with Crippen molar-refractivity contribution in [1.82, 2.24) is 0 Å². The van der Waals surface area contributed by atoms with E-state index in [1.54, 1.807) is 13.2 Å². The smallest absolute Gasteiger partial charge is 0.130 e. The minimum Gasteiger partial charge on any atom is -0.496 e. The van der Waals surface area contributed by atoms with Gasteiger partial charge in [-0.3, -0.25) is 0 Å². The normalized spacial score (nSPS) is 14.5. The number of rotatable bonds is 4. The second-order valence-corrected chi connectivity index (χ2v) is 4.34. The standard InChI is InChI=1S/C13H18FNO2/c1-16-12-8-9(6-7-17-15)13(14)11-5-3-2-4-10(11)12/h8H,2-7,15H2,1H3. The van der Waals surface area contributed by atoms with Gasteiger partial charge in [0.25, 0.3) is 0 Å². The zero-order valence-electron chi connectivity index (χ0n) is 10.1. The summed E-state index contributed by atoms with van der Waals surface area (Å²) in [6.45, 7) is 0.318. The molecule has 0 aromatic heterocycles. The predicted octanol–water partition coefficient (Wildman–Crippen LogP) is 2.15. The average Bonchev–Trinajstić information content (AvgIpc) is 2.38. The number of fused-ring (bicyclic) bond motifs is 1. The van der Waals surface area contributed by atoms with Crippen molar-refractivity contribution in [2.75, 3.05) is 13.7 Å². The van der Waals surface area contributed by atoms with Gasteiger partial charge in [0.15, 0.2) is 0 Å². The second kappa shape index (κ2) is 5.47. The molecule has 0 saturated heterocycles. The van der Waals surface area contributed by atoms with Crippen molar-refractivity contribution in [3.05, 3.63) is 28.6 Å². The van der Waals surface area contributed by atoms with E-state index < -0.39 is 0 Å².